The van der Waals surface area contributed by atoms with Crippen LogP contribution in [0.15, 0.2) is 103 Å². The highest BCUT2D eigenvalue weighted by molar-refractivity contribution is 6.11. The van der Waals surface area contributed by atoms with Crippen molar-refractivity contribution in [2.45, 2.75) is 0 Å². The fraction of sp³-hybridized carbons (Fsp3) is 0. The third kappa shape index (κ3) is 4.52. The topological polar surface area (TPSA) is 76.9 Å². The molecular formula is C28H20N4O2. The molecule has 0 saturated carbocycles. The van der Waals surface area contributed by atoms with E-state index >= 15 is 0 Å². The van der Waals surface area contributed by atoms with Gasteiger partial charge in [-0.25, -0.2) is 4.68 Å². The Morgan fingerprint density at radius 2 is 1.59 bits per heavy atom. The lowest BCUT2D eigenvalue weighted by Gasteiger charge is -2.08. The third-order valence-electron chi connectivity index (χ3n) is 5.35. The van der Waals surface area contributed by atoms with Crippen molar-refractivity contribution in [2.75, 3.05) is 5.32 Å². The van der Waals surface area contributed by atoms with Gasteiger partial charge in [0.15, 0.2) is 5.78 Å². The van der Waals surface area contributed by atoms with Gasteiger partial charge in [-0.1, -0.05) is 48.5 Å². The lowest BCUT2D eigenvalue weighted by molar-refractivity contribution is 0.102. The van der Waals surface area contributed by atoms with E-state index in [0.29, 0.717) is 22.4 Å². The van der Waals surface area contributed by atoms with Crippen LogP contribution in [-0.4, -0.2) is 26.5 Å². The first-order valence-electron chi connectivity index (χ1n) is 10.7. The van der Waals surface area contributed by atoms with Crippen molar-refractivity contribution >= 4 is 40.6 Å². The minimum Gasteiger partial charge on any atom is -0.322 e. The fourth-order valence-corrected chi connectivity index (χ4v) is 3.62. The summed E-state index contributed by atoms with van der Waals surface area (Å²) in [7, 11) is 0. The molecule has 2 heterocycles. The molecule has 6 heteroatoms. The van der Waals surface area contributed by atoms with Gasteiger partial charge in [-0.15, -0.1) is 0 Å². The van der Waals surface area contributed by atoms with Gasteiger partial charge in [0.05, 0.1) is 17.4 Å². The maximum absolute atomic E-state index is 13.2. The van der Waals surface area contributed by atoms with Crippen molar-refractivity contribution in [1.29, 1.82) is 0 Å². The average molecular weight is 444 g/mol. The van der Waals surface area contributed by atoms with Gasteiger partial charge in [-0.2, -0.15) is 5.10 Å². The van der Waals surface area contributed by atoms with Gasteiger partial charge in [0, 0.05) is 40.2 Å². The fourth-order valence-electron chi connectivity index (χ4n) is 3.62. The van der Waals surface area contributed by atoms with Crippen LogP contribution < -0.4 is 5.32 Å². The average Bonchev–Trinajstić information content (AvgIpc) is 3.30. The molecule has 0 atom stereocenters. The molecule has 6 nitrogen and oxygen atoms in total. The Morgan fingerprint density at radius 3 is 2.41 bits per heavy atom. The van der Waals surface area contributed by atoms with Crippen molar-refractivity contribution in [3.05, 3.63) is 126 Å². The van der Waals surface area contributed by atoms with Gasteiger partial charge in [-0.3, -0.25) is 14.6 Å². The number of hydrogen-bond donors (Lipinski definition) is 1. The molecule has 1 N–H and O–H groups in total. The summed E-state index contributed by atoms with van der Waals surface area (Å²) in [5.74, 6) is -0.366. The SMILES string of the molecule is O=C(Nc1cccc(C(=O)c2ccc3cnn(C=Cc4ccccn4)c3c2)c1)c1ccccc1. The van der Waals surface area contributed by atoms with Crippen LogP contribution in [0.2, 0.25) is 0 Å². The first kappa shape index (κ1) is 21.0. The Kier molecular flexibility index (Phi) is 5.78. The van der Waals surface area contributed by atoms with Crippen molar-refractivity contribution in [2.24, 2.45) is 0 Å². The van der Waals surface area contributed by atoms with E-state index in [4.69, 9.17) is 0 Å². The predicted molar refractivity (Wildman–Crippen MR) is 133 cm³/mol. The molecular weight excluding hydrogens is 424 g/mol. The van der Waals surface area contributed by atoms with Crippen LogP contribution in [0.3, 0.4) is 0 Å². The number of pyridine rings is 1. The minimum absolute atomic E-state index is 0.140. The first-order valence-corrected chi connectivity index (χ1v) is 10.7. The van der Waals surface area contributed by atoms with Crippen LogP contribution in [-0.2, 0) is 0 Å². The van der Waals surface area contributed by atoms with E-state index in [1.807, 2.05) is 48.7 Å². The van der Waals surface area contributed by atoms with E-state index < -0.39 is 0 Å². The molecule has 0 fully saturated rings. The Balaban J connectivity index is 1.39. The lowest BCUT2D eigenvalue weighted by Crippen LogP contribution is -2.12. The molecule has 1 amide bonds. The number of rotatable bonds is 6. The van der Waals surface area contributed by atoms with E-state index in [-0.39, 0.29) is 11.7 Å². The molecule has 5 aromatic rings. The second-order valence-electron chi connectivity index (χ2n) is 7.66. The van der Waals surface area contributed by atoms with Crippen LogP contribution in [0.5, 0.6) is 0 Å². The zero-order valence-electron chi connectivity index (χ0n) is 18.1. The van der Waals surface area contributed by atoms with Gasteiger partial charge >= 0.3 is 0 Å². The summed E-state index contributed by atoms with van der Waals surface area (Å²) in [5.41, 5.74) is 3.76. The van der Waals surface area contributed by atoms with Gasteiger partial charge < -0.3 is 5.32 Å². The number of anilines is 1. The number of carbonyl (C=O) groups excluding carboxylic acids is 2. The first-order chi connectivity index (χ1) is 16.7. The summed E-state index contributed by atoms with van der Waals surface area (Å²) in [6.07, 6.45) is 7.17. The summed E-state index contributed by atoms with van der Waals surface area (Å²) in [5, 5.41) is 8.18. The molecule has 0 radical (unpaired) electrons. The van der Waals surface area contributed by atoms with Crippen LogP contribution in [0, 0.1) is 0 Å². The summed E-state index contributed by atoms with van der Waals surface area (Å²) >= 11 is 0. The molecule has 0 unspecified atom stereocenters. The van der Waals surface area contributed by atoms with Gasteiger partial charge in [0.1, 0.15) is 0 Å². The van der Waals surface area contributed by atoms with E-state index in [1.54, 1.807) is 71.7 Å². The highest BCUT2D eigenvalue weighted by atomic mass is 16.1. The Bertz CT molecular complexity index is 1510. The Hall–Kier alpha value is -4.84. The number of fused-ring (bicyclic) bond motifs is 1. The second-order valence-corrected chi connectivity index (χ2v) is 7.66. The summed E-state index contributed by atoms with van der Waals surface area (Å²) in [6.45, 7) is 0. The molecule has 5 rings (SSSR count). The molecule has 0 spiro atoms. The van der Waals surface area contributed by atoms with Crippen LogP contribution in [0.25, 0.3) is 23.2 Å². The molecule has 0 saturated heterocycles. The number of amides is 1. The van der Waals surface area contributed by atoms with Crippen LogP contribution in [0.1, 0.15) is 32.0 Å². The molecule has 0 aliphatic carbocycles. The number of ketones is 1. The van der Waals surface area contributed by atoms with E-state index in [9.17, 15) is 9.59 Å². The number of nitrogens with one attached hydrogen (secondary N) is 1. The highest BCUT2D eigenvalue weighted by Crippen LogP contribution is 2.21. The number of benzene rings is 3. The van der Waals surface area contributed by atoms with E-state index in [0.717, 1.165) is 16.6 Å². The van der Waals surface area contributed by atoms with E-state index in [1.165, 1.54) is 0 Å². The molecule has 2 aromatic heterocycles. The van der Waals surface area contributed by atoms with Crippen molar-refractivity contribution < 1.29 is 9.59 Å². The third-order valence-corrected chi connectivity index (χ3v) is 5.35. The zero-order chi connectivity index (χ0) is 23.3. The summed E-state index contributed by atoms with van der Waals surface area (Å²) in [4.78, 5) is 30.0. The smallest absolute Gasteiger partial charge is 0.255 e. The van der Waals surface area contributed by atoms with Crippen LogP contribution >= 0.6 is 0 Å². The maximum atomic E-state index is 13.2. The molecule has 0 aliphatic rings. The lowest BCUT2D eigenvalue weighted by atomic mass is 10.0. The normalized spacial score (nSPS) is 11.1. The zero-order valence-corrected chi connectivity index (χ0v) is 18.1. The van der Waals surface area contributed by atoms with Gasteiger partial charge in [0.2, 0.25) is 0 Å². The molecule has 164 valence electrons. The van der Waals surface area contributed by atoms with Crippen molar-refractivity contribution in [1.82, 2.24) is 14.8 Å². The Labute approximate surface area is 196 Å². The Morgan fingerprint density at radius 1 is 0.794 bits per heavy atom. The summed E-state index contributed by atoms with van der Waals surface area (Å²) < 4.78 is 1.72. The van der Waals surface area contributed by atoms with Gasteiger partial charge in [0.25, 0.3) is 5.91 Å². The largest absolute Gasteiger partial charge is 0.322 e. The number of hydrogen-bond acceptors (Lipinski definition) is 4. The highest BCUT2D eigenvalue weighted by Gasteiger charge is 2.13. The summed E-state index contributed by atoms with van der Waals surface area (Å²) in [6, 6.07) is 27.1. The van der Waals surface area contributed by atoms with Crippen molar-refractivity contribution in [3.8, 4) is 0 Å². The molecule has 0 aliphatic heterocycles. The number of nitrogens with zero attached hydrogens (tertiary/aromatic N) is 3. The quantitative estimate of drug-likeness (QED) is 0.349. The van der Waals surface area contributed by atoms with Crippen molar-refractivity contribution in [3.63, 3.8) is 0 Å². The predicted octanol–water partition coefficient (Wildman–Crippen LogP) is 5.54. The van der Waals surface area contributed by atoms with E-state index in [2.05, 4.69) is 15.4 Å². The molecule has 0 bridgehead atoms. The standard InChI is InChI=1S/C28H20N4O2/c33-27(21-9-6-11-25(17-21)31-28(34)20-7-2-1-3-8-20)22-12-13-23-19-30-32(26(23)18-22)16-14-24-10-4-5-15-29-24/h1-19H,(H,31,34). The van der Waals surface area contributed by atoms with Crippen LogP contribution in [0.4, 0.5) is 5.69 Å². The molecule has 34 heavy (non-hydrogen) atoms. The monoisotopic (exact) mass is 444 g/mol. The second kappa shape index (κ2) is 9.34. The minimum atomic E-state index is -0.227. The molecule has 3 aromatic carbocycles. The van der Waals surface area contributed by atoms with Gasteiger partial charge in [-0.05, 0) is 48.5 Å². The maximum Gasteiger partial charge on any atom is 0.255 e. The number of aromatic nitrogens is 3. The number of carbonyl (C=O) groups is 2.